The van der Waals surface area contributed by atoms with Gasteiger partial charge in [0.1, 0.15) is 5.75 Å². The van der Waals surface area contributed by atoms with Gasteiger partial charge in [-0.2, -0.15) is 0 Å². The molecule has 0 saturated heterocycles. The molecule has 1 unspecified atom stereocenters. The third-order valence-electron chi connectivity index (χ3n) is 3.92. The molecule has 3 rings (SSSR count). The Bertz CT molecular complexity index is 810. The van der Waals surface area contributed by atoms with Crippen molar-refractivity contribution < 1.29 is 22.7 Å². The maximum atomic E-state index is 13.4. The minimum absolute atomic E-state index is 0.0355. The highest BCUT2D eigenvalue weighted by molar-refractivity contribution is 7.68. The fourth-order valence-electron chi connectivity index (χ4n) is 2.65. The minimum atomic E-state index is -3.24. The third-order valence-corrected chi connectivity index (χ3v) is 8.58. The van der Waals surface area contributed by atoms with Crippen molar-refractivity contribution in [2.75, 3.05) is 26.5 Å². The predicted octanol–water partition coefficient (Wildman–Crippen LogP) is 4.14. The van der Waals surface area contributed by atoms with Crippen molar-refractivity contribution in [1.29, 1.82) is 0 Å². The highest BCUT2D eigenvalue weighted by Crippen LogP contribution is 2.57. The summed E-state index contributed by atoms with van der Waals surface area (Å²) >= 11 is 0. The van der Waals surface area contributed by atoms with E-state index in [2.05, 4.69) is 0 Å². The topological polar surface area (TPSA) is 61.8 Å². The second-order valence-corrected chi connectivity index (χ2v) is 10.1. The maximum Gasteiger partial charge on any atom is 0.330 e. The van der Waals surface area contributed by atoms with E-state index >= 15 is 0 Å². The van der Waals surface area contributed by atoms with Crippen LogP contribution in [0.3, 0.4) is 0 Å². The van der Waals surface area contributed by atoms with Gasteiger partial charge in [0.15, 0.2) is 0 Å². The predicted molar refractivity (Wildman–Crippen MR) is 91.1 cm³/mol. The smallest absolute Gasteiger partial charge is 0.330 e. The van der Waals surface area contributed by atoms with Gasteiger partial charge in [-0.15, -0.1) is 0 Å². The quantitative estimate of drug-likeness (QED) is 0.757. The van der Waals surface area contributed by atoms with E-state index in [4.69, 9.17) is 13.6 Å². The van der Waals surface area contributed by atoms with E-state index in [0.29, 0.717) is 11.1 Å². The molecule has 0 bridgehead atoms. The second-order valence-electron chi connectivity index (χ2n) is 5.20. The summed E-state index contributed by atoms with van der Waals surface area (Å²) in [6.07, 6.45) is 0.130. The molecule has 0 radical (unpaired) electrons. The zero-order chi connectivity index (χ0) is 16.5. The first-order valence-corrected chi connectivity index (χ1v) is 10.7. The van der Waals surface area contributed by atoms with Crippen molar-refractivity contribution in [3.8, 4) is 16.9 Å². The number of hydrogen-bond acceptors (Lipinski definition) is 5. The molecule has 2 aromatic carbocycles. The van der Waals surface area contributed by atoms with Gasteiger partial charge in [-0.1, -0.05) is 36.4 Å². The molecule has 0 fully saturated rings. The summed E-state index contributed by atoms with van der Waals surface area (Å²) in [5.74, 6) is 0.583. The molecule has 1 heterocycles. The highest BCUT2D eigenvalue weighted by Gasteiger charge is 2.38. The molecule has 0 aliphatic carbocycles. The van der Waals surface area contributed by atoms with Crippen LogP contribution in [0.1, 0.15) is 0 Å². The molecule has 0 spiro atoms. The Kier molecular flexibility index (Phi) is 4.48. The number of para-hydroxylation sites is 1. The molecule has 5 nitrogen and oxygen atoms in total. The van der Waals surface area contributed by atoms with Gasteiger partial charge in [0, 0.05) is 19.8 Å². The lowest BCUT2D eigenvalue weighted by molar-refractivity contribution is 0.277. The molecular formula is C16H18O5P2. The van der Waals surface area contributed by atoms with Crippen molar-refractivity contribution in [3.05, 3.63) is 48.5 Å². The molecular weight excluding hydrogens is 334 g/mol. The van der Waals surface area contributed by atoms with E-state index in [1.54, 1.807) is 12.1 Å². The van der Waals surface area contributed by atoms with Crippen LogP contribution in [0.25, 0.3) is 11.1 Å². The third kappa shape index (κ3) is 3.02. The van der Waals surface area contributed by atoms with Crippen LogP contribution < -0.4 is 9.83 Å². The molecule has 1 aliphatic heterocycles. The lowest BCUT2D eigenvalue weighted by Gasteiger charge is -2.29. The summed E-state index contributed by atoms with van der Waals surface area (Å²) in [6, 6.07) is 14.9. The Hall–Kier alpha value is -1.38. The highest BCUT2D eigenvalue weighted by atomic mass is 31.2. The first kappa shape index (κ1) is 16.5. The summed E-state index contributed by atoms with van der Waals surface area (Å²) in [5.41, 5.74) is 1.80. The number of rotatable bonds is 5. The van der Waals surface area contributed by atoms with Crippen LogP contribution in [0.4, 0.5) is 0 Å². The first-order chi connectivity index (χ1) is 11.0. The monoisotopic (exact) mass is 352 g/mol. The van der Waals surface area contributed by atoms with Crippen LogP contribution in [0, 0.1) is 0 Å². The second kappa shape index (κ2) is 6.26. The van der Waals surface area contributed by atoms with Gasteiger partial charge >= 0.3 is 7.60 Å². The van der Waals surface area contributed by atoms with Crippen LogP contribution in [0.15, 0.2) is 48.5 Å². The Morgan fingerprint density at radius 1 is 1.00 bits per heavy atom. The van der Waals surface area contributed by atoms with Gasteiger partial charge in [0.25, 0.3) is 7.37 Å². The molecule has 122 valence electrons. The Morgan fingerprint density at radius 2 is 1.61 bits per heavy atom. The lowest BCUT2D eigenvalue weighted by Crippen LogP contribution is -2.21. The summed E-state index contributed by atoms with van der Waals surface area (Å²) in [5, 5.41) is 0.650. The van der Waals surface area contributed by atoms with E-state index in [1.807, 2.05) is 36.4 Å². The van der Waals surface area contributed by atoms with Gasteiger partial charge in [-0.3, -0.25) is 9.13 Å². The zero-order valence-corrected chi connectivity index (χ0v) is 14.8. The van der Waals surface area contributed by atoms with Crippen LogP contribution >= 0.6 is 15.0 Å². The first-order valence-electron chi connectivity index (χ1n) is 7.19. The zero-order valence-electron chi connectivity index (χ0n) is 13.0. The maximum absolute atomic E-state index is 13.4. The van der Waals surface area contributed by atoms with Crippen molar-refractivity contribution in [3.63, 3.8) is 0 Å². The van der Waals surface area contributed by atoms with Gasteiger partial charge in [0.05, 0.1) is 17.6 Å². The molecule has 1 aliphatic rings. The lowest BCUT2D eigenvalue weighted by atomic mass is 10.0. The van der Waals surface area contributed by atoms with Crippen molar-refractivity contribution in [2.24, 2.45) is 0 Å². The Labute approximate surface area is 135 Å². The van der Waals surface area contributed by atoms with E-state index in [9.17, 15) is 9.13 Å². The Balaban J connectivity index is 2.01. The molecule has 2 aromatic rings. The normalized spacial score (nSPS) is 19.6. The van der Waals surface area contributed by atoms with Crippen molar-refractivity contribution in [1.82, 2.24) is 0 Å². The van der Waals surface area contributed by atoms with Crippen molar-refractivity contribution in [2.45, 2.75) is 0 Å². The summed E-state index contributed by atoms with van der Waals surface area (Å²) < 4.78 is 41.4. The van der Waals surface area contributed by atoms with Gasteiger partial charge in [-0.05, 0) is 17.7 Å². The summed E-state index contributed by atoms with van der Waals surface area (Å²) in [4.78, 5) is 0. The van der Waals surface area contributed by atoms with E-state index in [0.717, 1.165) is 11.1 Å². The number of fused-ring (bicyclic) bond motifs is 3. The van der Waals surface area contributed by atoms with Crippen molar-refractivity contribution >= 4 is 20.3 Å². The molecule has 0 aromatic heterocycles. The average Bonchev–Trinajstić information content (AvgIpc) is 2.60. The minimum Gasteiger partial charge on any atom is -0.439 e. The average molecular weight is 352 g/mol. The number of benzene rings is 2. The fourth-order valence-corrected chi connectivity index (χ4v) is 6.98. The van der Waals surface area contributed by atoms with Gasteiger partial charge < -0.3 is 13.6 Å². The van der Waals surface area contributed by atoms with Crippen LogP contribution in [-0.2, 0) is 18.2 Å². The molecule has 1 atom stereocenters. The van der Waals surface area contributed by atoms with Gasteiger partial charge in [0.2, 0.25) is 0 Å². The van der Waals surface area contributed by atoms with E-state index in [1.165, 1.54) is 14.2 Å². The number of hydrogen-bond donors (Lipinski definition) is 0. The largest absolute Gasteiger partial charge is 0.439 e. The van der Waals surface area contributed by atoms with Crippen LogP contribution in [-0.4, -0.2) is 26.5 Å². The van der Waals surface area contributed by atoms with E-state index < -0.39 is 15.0 Å². The fraction of sp³-hybridized carbons (Fsp3) is 0.250. The molecule has 0 N–H and O–H groups in total. The summed E-state index contributed by atoms with van der Waals surface area (Å²) in [6.45, 7) is 0. The molecule has 23 heavy (non-hydrogen) atoms. The van der Waals surface area contributed by atoms with E-state index in [-0.39, 0.29) is 12.3 Å². The van der Waals surface area contributed by atoms with Crippen LogP contribution in [0.5, 0.6) is 5.75 Å². The van der Waals surface area contributed by atoms with Crippen LogP contribution in [0.2, 0.25) is 0 Å². The Morgan fingerprint density at radius 3 is 2.30 bits per heavy atom. The molecule has 0 amide bonds. The SMILES string of the molecule is COP(=O)(CCP1(=O)Oc2ccccc2-c2ccccc21)OC. The molecule has 0 saturated carbocycles. The summed E-state index contributed by atoms with van der Waals surface area (Å²) in [7, 11) is -3.78. The standard InChI is InChI=1S/C16H18O5P2/c1-19-23(18,20-2)12-11-22(17)16-10-6-4-8-14(16)13-7-3-5-9-15(13)21-22/h3-10H,11-12H2,1-2H3. The molecule has 7 heteroatoms. The van der Waals surface area contributed by atoms with Gasteiger partial charge in [-0.25, -0.2) is 0 Å².